The SMILES string of the molecule is CC1CCN(C(=O)COC(=O)c2ccc(-c3cccc(C(F)(F)F)c3)o2)CC1. The number of carbonyl (C=O) groups excluding carboxylic acids is 2. The molecule has 0 aliphatic carbocycles. The average Bonchev–Trinajstić information content (AvgIpc) is 3.16. The third-order valence-corrected chi connectivity index (χ3v) is 4.74. The van der Waals surface area contributed by atoms with Gasteiger partial charge in [0.1, 0.15) is 5.76 Å². The molecule has 1 fully saturated rings. The van der Waals surface area contributed by atoms with Crippen LogP contribution in [0.4, 0.5) is 13.2 Å². The van der Waals surface area contributed by atoms with E-state index in [-0.39, 0.29) is 23.0 Å². The molecule has 3 rings (SSSR count). The molecule has 0 atom stereocenters. The molecule has 1 aliphatic heterocycles. The van der Waals surface area contributed by atoms with Crippen LogP contribution in [0.2, 0.25) is 0 Å². The molecule has 0 spiro atoms. The zero-order chi connectivity index (χ0) is 20.3. The quantitative estimate of drug-likeness (QED) is 0.721. The highest BCUT2D eigenvalue weighted by Crippen LogP contribution is 2.32. The molecule has 1 aromatic carbocycles. The number of ether oxygens (including phenoxy) is 1. The van der Waals surface area contributed by atoms with E-state index in [4.69, 9.17) is 9.15 Å². The Hall–Kier alpha value is -2.77. The van der Waals surface area contributed by atoms with Crippen LogP contribution in [-0.4, -0.2) is 36.5 Å². The summed E-state index contributed by atoms with van der Waals surface area (Å²) in [7, 11) is 0. The lowest BCUT2D eigenvalue weighted by molar-refractivity contribution is -0.137. The Morgan fingerprint density at radius 3 is 2.57 bits per heavy atom. The van der Waals surface area contributed by atoms with Crippen molar-refractivity contribution in [1.29, 1.82) is 0 Å². The van der Waals surface area contributed by atoms with E-state index < -0.39 is 24.3 Å². The molecule has 1 aromatic heterocycles. The van der Waals surface area contributed by atoms with E-state index in [1.54, 1.807) is 4.90 Å². The van der Waals surface area contributed by atoms with Gasteiger partial charge in [-0.15, -0.1) is 0 Å². The van der Waals surface area contributed by atoms with Crippen molar-refractivity contribution >= 4 is 11.9 Å². The second-order valence-electron chi connectivity index (χ2n) is 6.88. The molecule has 0 bridgehead atoms. The number of halogens is 3. The molecule has 1 aliphatic rings. The number of piperidine rings is 1. The summed E-state index contributed by atoms with van der Waals surface area (Å²) in [5.74, 6) is -0.604. The Labute approximate surface area is 160 Å². The zero-order valence-corrected chi connectivity index (χ0v) is 15.3. The van der Waals surface area contributed by atoms with Crippen LogP contribution in [0.15, 0.2) is 40.8 Å². The number of hydrogen-bond acceptors (Lipinski definition) is 4. The predicted octanol–water partition coefficient (Wildman–Crippen LogP) is 4.38. The second-order valence-corrected chi connectivity index (χ2v) is 6.88. The first kappa shape index (κ1) is 20.0. The van der Waals surface area contributed by atoms with E-state index >= 15 is 0 Å². The molecule has 0 saturated carbocycles. The lowest BCUT2D eigenvalue weighted by Crippen LogP contribution is -2.40. The van der Waals surface area contributed by atoms with Gasteiger partial charge in [-0.25, -0.2) is 4.79 Å². The van der Waals surface area contributed by atoms with Crippen molar-refractivity contribution in [2.75, 3.05) is 19.7 Å². The van der Waals surface area contributed by atoms with Crippen LogP contribution in [0, 0.1) is 5.92 Å². The number of nitrogens with zero attached hydrogens (tertiary/aromatic N) is 1. The van der Waals surface area contributed by atoms with E-state index in [9.17, 15) is 22.8 Å². The Kier molecular flexibility index (Phi) is 5.76. The molecular formula is C20H20F3NO4. The minimum atomic E-state index is -4.48. The molecule has 150 valence electrons. The number of benzene rings is 1. The van der Waals surface area contributed by atoms with Crippen LogP contribution in [0.1, 0.15) is 35.9 Å². The fourth-order valence-corrected chi connectivity index (χ4v) is 3.00. The first-order valence-electron chi connectivity index (χ1n) is 8.96. The number of hydrogen-bond donors (Lipinski definition) is 0. The normalized spacial score (nSPS) is 15.5. The van der Waals surface area contributed by atoms with Gasteiger partial charge in [0.25, 0.3) is 5.91 Å². The number of rotatable bonds is 4. The van der Waals surface area contributed by atoms with Crippen LogP contribution in [0.25, 0.3) is 11.3 Å². The fraction of sp³-hybridized carbons (Fsp3) is 0.400. The molecule has 0 radical (unpaired) electrons. The maximum absolute atomic E-state index is 12.8. The minimum Gasteiger partial charge on any atom is -0.450 e. The molecule has 5 nitrogen and oxygen atoms in total. The Morgan fingerprint density at radius 1 is 1.18 bits per heavy atom. The minimum absolute atomic E-state index is 0.106. The van der Waals surface area contributed by atoms with E-state index in [1.807, 2.05) is 0 Å². The van der Waals surface area contributed by atoms with Crippen molar-refractivity contribution in [2.45, 2.75) is 25.9 Å². The zero-order valence-electron chi connectivity index (χ0n) is 15.3. The van der Waals surface area contributed by atoms with Crippen LogP contribution < -0.4 is 0 Å². The largest absolute Gasteiger partial charge is 0.450 e. The number of carbonyl (C=O) groups is 2. The van der Waals surface area contributed by atoms with E-state index in [0.717, 1.165) is 25.0 Å². The maximum atomic E-state index is 12.8. The predicted molar refractivity (Wildman–Crippen MR) is 94.4 cm³/mol. The Morgan fingerprint density at radius 2 is 1.89 bits per heavy atom. The summed E-state index contributed by atoms with van der Waals surface area (Å²) in [4.78, 5) is 25.9. The van der Waals surface area contributed by atoms with Gasteiger partial charge in [0.15, 0.2) is 6.61 Å². The first-order chi connectivity index (χ1) is 13.2. The molecule has 0 N–H and O–H groups in total. The van der Waals surface area contributed by atoms with Gasteiger partial charge in [-0.2, -0.15) is 13.2 Å². The third kappa shape index (κ3) is 4.74. The highest BCUT2D eigenvalue weighted by Gasteiger charge is 2.30. The van der Waals surface area contributed by atoms with Crippen molar-refractivity contribution in [3.05, 3.63) is 47.7 Å². The van der Waals surface area contributed by atoms with E-state index in [2.05, 4.69) is 6.92 Å². The van der Waals surface area contributed by atoms with Gasteiger partial charge >= 0.3 is 12.1 Å². The summed E-state index contributed by atoms with van der Waals surface area (Å²) in [5, 5.41) is 0. The van der Waals surface area contributed by atoms with Crippen molar-refractivity contribution in [1.82, 2.24) is 4.90 Å². The molecular weight excluding hydrogens is 375 g/mol. The van der Waals surface area contributed by atoms with Gasteiger partial charge in [0, 0.05) is 18.7 Å². The van der Waals surface area contributed by atoms with Crippen LogP contribution >= 0.6 is 0 Å². The van der Waals surface area contributed by atoms with Gasteiger partial charge in [-0.05, 0) is 43.0 Å². The number of esters is 1. The van der Waals surface area contributed by atoms with E-state index in [1.165, 1.54) is 24.3 Å². The van der Waals surface area contributed by atoms with Crippen LogP contribution in [0.5, 0.6) is 0 Å². The van der Waals surface area contributed by atoms with Gasteiger partial charge in [-0.3, -0.25) is 4.79 Å². The van der Waals surface area contributed by atoms with Gasteiger partial charge in [0.2, 0.25) is 5.76 Å². The average molecular weight is 395 g/mol. The second kappa shape index (κ2) is 8.08. The van der Waals surface area contributed by atoms with Crippen molar-refractivity contribution in [2.24, 2.45) is 5.92 Å². The summed E-state index contributed by atoms with van der Waals surface area (Å²) in [6, 6.07) is 7.30. The lowest BCUT2D eigenvalue weighted by atomic mass is 9.99. The maximum Gasteiger partial charge on any atom is 0.416 e. The number of furan rings is 1. The molecule has 28 heavy (non-hydrogen) atoms. The molecule has 1 saturated heterocycles. The Balaban J connectivity index is 1.61. The smallest absolute Gasteiger partial charge is 0.416 e. The first-order valence-corrected chi connectivity index (χ1v) is 8.96. The lowest BCUT2D eigenvalue weighted by Gasteiger charge is -2.30. The summed E-state index contributed by atoms with van der Waals surface area (Å²) in [6.45, 7) is 3.00. The van der Waals surface area contributed by atoms with Gasteiger partial charge in [-0.1, -0.05) is 19.1 Å². The monoisotopic (exact) mass is 395 g/mol. The number of alkyl halides is 3. The Bertz CT molecular complexity index is 851. The molecule has 2 heterocycles. The highest BCUT2D eigenvalue weighted by atomic mass is 19.4. The third-order valence-electron chi connectivity index (χ3n) is 4.74. The fourth-order valence-electron chi connectivity index (χ4n) is 3.00. The molecule has 8 heteroatoms. The number of amides is 1. The van der Waals surface area contributed by atoms with E-state index in [0.29, 0.717) is 19.0 Å². The summed E-state index contributed by atoms with van der Waals surface area (Å²) >= 11 is 0. The summed E-state index contributed by atoms with van der Waals surface area (Å²) in [6.07, 6.45) is -2.65. The van der Waals surface area contributed by atoms with Gasteiger partial charge in [0.05, 0.1) is 5.56 Å². The standard InChI is InChI=1S/C20H20F3NO4/c1-13-7-9-24(10-8-13)18(25)12-27-19(26)17-6-5-16(28-17)14-3-2-4-15(11-14)20(21,22)23/h2-6,11,13H,7-10,12H2,1H3. The van der Waals surface area contributed by atoms with Crippen molar-refractivity contribution in [3.8, 4) is 11.3 Å². The number of likely N-dealkylation sites (tertiary alicyclic amines) is 1. The van der Waals surface area contributed by atoms with Crippen LogP contribution in [-0.2, 0) is 15.7 Å². The molecule has 1 amide bonds. The van der Waals surface area contributed by atoms with Gasteiger partial charge < -0.3 is 14.1 Å². The van der Waals surface area contributed by atoms with Crippen LogP contribution in [0.3, 0.4) is 0 Å². The summed E-state index contributed by atoms with van der Waals surface area (Å²) in [5.41, 5.74) is -0.626. The molecule has 2 aromatic rings. The van der Waals surface area contributed by atoms with Crippen molar-refractivity contribution in [3.63, 3.8) is 0 Å². The topological polar surface area (TPSA) is 59.8 Å². The summed E-state index contributed by atoms with van der Waals surface area (Å²) < 4.78 is 48.8. The van der Waals surface area contributed by atoms with Crippen molar-refractivity contribution < 1.29 is 31.9 Å². The highest BCUT2D eigenvalue weighted by molar-refractivity contribution is 5.89. The molecule has 0 unspecified atom stereocenters.